The van der Waals surface area contributed by atoms with Crippen LogP contribution in [-0.4, -0.2) is 54.8 Å². The lowest BCUT2D eigenvalue weighted by Crippen LogP contribution is -2.44. The number of non-ortho nitro benzene ring substituents is 1. The van der Waals surface area contributed by atoms with E-state index < -0.39 is 0 Å². The van der Waals surface area contributed by atoms with E-state index in [0.29, 0.717) is 12.3 Å². The third kappa shape index (κ3) is 6.31. The zero-order valence-corrected chi connectivity index (χ0v) is 21.4. The van der Waals surface area contributed by atoms with Crippen molar-refractivity contribution in [3.63, 3.8) is 0 Å². The molecule has 0 amide bonds. The number of nitro groups is 1. The number of aliphatic hydroxyl groups excluding tert-OH is 1. The van der Waals surface area contributed by atoms with Crippen LogP contribution in [0.3, 0.4) is 0 Å². The van der Waals surface area contributed by atoms with Crippen molar-refractivity contribution in [2.24, 2.45) is 5.92 Å². The molecule has 0 bridgehead atoms. The van der Waals surface area contributed by atoms with E-state index in [1.807, 2.05) is 12.1 Å². The Balaban J connectivity index is 1.80. The molecule has 6 nitrogen and oxygen atoms in total. The molecule has 1 fully saturated rings. The van der Waals surface area contributed by atoms with Crippen LogP contribution in [0, 0.1) is 16.0 Å². The van der Waals surface area contributed by atoms with E-state index in [0.717, 1.165) is 62.1 Å². The van der Waals surface area contributed by atoms with Crippen LogP contribution < -0.4 is 4.90 Å². The fraction of sp³-hybridized carbons (Fsp3) is 0.400. The molecule has 1 saturated heterocycles. The molecule has 190 valence electrons. The molecule has 0 saturated carbocycles. The Bertz CT molecular complexity index is 1130. The molecule has 0 unspecified atom stereocenters. The van der Waals surface area contributed by atoms with Crippen molar-refractivity contribution in [3.05, 3.63) is 99.1 Å². The van der Waals surface area contributed by atoms with E-state index in [4.69, 9.17) is 0 Å². The predicted octanol–water partition coefficient (Wildman–Crippen LogP) is 5.83. The molecule has 2 aliphatic rings. The molecule has 2 aromatic rings. The Hall–Kier alpha value is -3.22. The highest BCUT2D eigenvalue weighted by atomic mass is 16.6. The minimum absolute atomic E-state index is 0.0859. The lowest BCUT2D eigenvalue weighted by atomic mass is 9.86. The number of benzene rings is 2. The lowest BCUT2D eigenvalue weighted by Gasteiger charge is -2.34. The Morgan fingerprint density at radius 3 is 2.28 bits per heavy atom. The van der Waals surface area contributed by atoms with Gasteiger partial charge in [0, 0.05) is 50.6 Å². The van der Waals surface area contributed by atoms with Crippen molar-refractivity contribution in [2.75, 3.05) is 44.7 Å². The highest BCUT2D eigenvalue weighted by molar-refractivity contribution is 5.86. The zero-order chi connectivity index (χ0) is 25.5. The van der Waals surface area contributed by atoms with E-state index in [9.17, 15) is 15.2 Å². The highest BCUT2D eigenvalue weighted by Gasteiger charge is 2.19. The molecule has 4 rings (SSSR count). The first kappa shape index (κ1) is 25.9. The Morgan fingerprint density at radius 2 is 1.67 bits per heavy atom. The quantitative estimate of drug-likeness (QED) is 0.375. The average molecular weight is 488 g/mol. The number of anilines is 1. The SMILES string of the molecule is C[C@@H]1C=CC(/C(CCCO)=C(\c2ccc(N3CCN(C)CC3)cc2)c2ccc([N+](=O)[O-])cc2)=CCC1. The Morgan fingerprint density at radius 1 is 1.03 bits per heavy atom. The summed E-state index contributed by atoms with van der Waals surface area (Å²) in [5.41, 5.74) is 6.78. The largest absolute Gasteiger partial charge is 0.396 e. The number of nitrogens with zero attached hydrogens (tertiary/aromatic N) is 3. The molecule has 1 N–H and O–H groups in total. The van der Waals surface area contributed by atoms with Gasteiger partial charge in [-0.3, -0.25) is 10.1 Å². The number of rotatable bonds is 8. The summed E-state index contributed by atoms with van der Waals surface area (Å²) in [7, 11) is 2.16. The van der Waals surface area contributed by atoms with Gasteiger partial charge in [-0.1, -0.05) is 37.3 Å². The highest BCUT2D eigenvalue weighted by Crippen LogP contribution is 2.36. The minimum Gasteiger partial charge on any atom is -0.396 e. The first-order chi connectivity index (χ1) is 17.5. The second-order valence-corrected chi connectivity index (χ2v) is 9.90. The molecule has 1 aliphatic carbocycles. The first-order valence-electron chi connectivity index (χ1n) is 13.0. The Labute approximate surface area is 214 Å². The summed E-state index contributed by atoms with van der Waals surface area (Å²) in [4.78, 5) is 15.7. The predicted molar refractivity (Wildman–Crippen MR) is 147 cm³/mol. The van der Waals surface area contributed by atoms with Gasteiger partial charge in [-0.15, -0.1) is 0 Å². The van der Waals surface area contributed by atoms with Crippen molar-refractivity contribution >= 4 is 16.9 Å². The molecule has 6 heteroatoms. The van der Waals surface area contributed by atoms with Crippen molar-refractivity contribution in [2.45, 2.75) is 32.6 Å². The van der Waals surface area contributed by atoms with Gasteiger partial charge < -0.3 is 14.9 Å². The van der Waals surface area contributed by atoms with Gasteiger partial charge in [0.2, 0.25) is 0 Å². The van der Waals surface area contributed by atoms with Gasteiger partial charge in [-0.2, -0.15) is 0 Å². The normalized spacial score (nSPS) is 19.5. The van der Waals surface area contributed by atoms with Crippen LogP contribution in [0.15, 0.2) is 77.9 Å². The van der Waals surface area contributed by atoms with Crippen molar-refractivity contribution in [1.29, 1.82) is 0 Å². The van der Waals surface area contributed by atoms with E-state index in [2.05, 4.69) is 66.3 Å². The molecule has 0 aromatic heterocycles. The maximum atomic E-state index is 11.3. The molecule has 0 spiro atoms. The van der Waals surface area contributed by atoms with Crippen molar-refractivity contribution in [1.82, 2.24) is 4.90 Å². The van der Waals surface area contributed by atoms with Crippen LogP contribution in [0.5, 0.6) is 0 Å². The van der Waals surface area contributed by atoms with Gasteiger partial charge >= 0.3 is 0 Å². The monoisotopic (exact) mass is 487 g/mol. The average Bonchev–Trinajstić information content (AvgIpc) is 3.11. The van der Waals surface area contributed by atoms with Crippen LogP contribution in [0.4, 0.5) is 11.4 Å². The number of aliphatic hydroxyl groups is 1. The van der Waals surface area contributed by atoms with Crippen LogP contribution in [0.1, 0.15) is 43.7 Å². The van der Waals surface area contributed by atoms with E-state index in [1.54, 1.807) is 12.1 Å². The molecular formula is C30H37N3O3. The molecule has 1 heterocycles. The topological polar surface area (TPSA) is 69.8 Å². The maximum absolute atomic E-state index is 11.3. The van der Waals surface area contributed by atoms with Crippen LogP contribution in [0.25, 0.3) is 5.57 Å². The fourth-order valence-corrected chi connectivity index (χ4v) is 5.00. The lowest BCUT2D eigenvalue weighted by molar-refractivity contribution is -0.384. The van der Waals surface area contributed by atoms with Crippen LogP contribution in [-0.2, 0) is 0 Å². The van der Waals surface area contributed by atoms with Gasteiger partial charge in [-0.05, 0) is 90.8 Å². The van der Waals surface area contributed by atoms with Crippen LogP contribution >= 0.6 is 0 Å². The second-order valence-electron chi connectivity index (χ2n) is 9.90. The Kier molecular flexibility index (Phi) is 8.73. The third-order valence-electron chi connectivity index (χ3n) is 7.22. The van der Waals surface area contributed by atoms with E-state index in [-0.39, 0.29) is 17.2 Å². The van der Waals surface area contributed by atoms with Crippen molar-refractivity contribution < 1.29 is 10.0 Å². The number of nitro benzene ring substituents is 1. The number of piperazine rings is 1. The van der Waals surface area contributed by atoms with Crippen LogP contribution in [0.2, 0.25) is 0 Å². The minimum atomic E-state index is -0.358. The van der Waals surface area contributed by atoms with Gasteiger partial charge in [0.25, 0.3) is 5.69 Å². The van der Waals surface area contributed by atoms with Gasteiger partial charge in [0.1, 0.15) is 0 Å². The summed E-state index contributed by atoms with van der Waals surface area (Å²) in [5.74, 6) is 0.517. The van der Waals surface area contributed by atoms with Gasteiger partial charge in [-0.25, -0.2) is 0 Å². The molecule has 2 aromatic carbocycles. The number of hydrogen-bond acceptors (Lipinski definition) is 5. The van der Waals surface area contributed by atoms with E-state index in [1.165, 1.54) is 16.8 Å². The summed E-state index contributed by atoms with van der Waals surface area (Å²) in [6, 6.07) is 15.6. The van der Waals surface area contributed by atoms with Crippen molar-refractivity contribution in [3.8, 4) is 0 Å². The number of allylic oxidation sites excluding steroid dienone is 5. The number of hydrogen-bond donors (Lipinski definition) is 1. The summed E-state index contributed by atoms with van der Waals surface area (Å²) in [5, 5.41) is 21.0. The molecule has 0 radical (unpaired) electrons. The smallest absolute Gasteiger partial charge is 0.269 e. The third-order valence-corrected chi connectivity index (χ3v) is 7.22. The first-order valence-corrected chi connectivity index (χ1v) is 13.0. The summed E-state index contributed by atoms with van der Waals surface area (Å²) >= 11 is 0. The molecule has 36 heavy (non-hydrogen) atoms. The second kappa shape index (κ2) is 12.2. The van der Waals surface area contributed by atoms with Gasteiger partial charge in [0.05, 0.1) is 4.92 Å². The van der Waals surface area contributed by atoms with Gasteiger partial charge in [0.15, 0.2) is 0 Å². The summed E-state index contributed by atoms with van der Waals surface area (Å²) < 4.78 is 0. The standard InChI is InChI=1S/C30H37N3O3/c1-23-5-3-6-24(9-8-23)29(7-4-22-34)30(26-12-16-28(17-13-26)33(35)36)25-10-14-27(15-11-25)32-20-18-31(2)19-21-32/h6,8-17,23,34H,3-5,7,18-22H2,1-2H3/b30-29+/t23-/m0/s1. The van der Waals surface area contributed by atoms with E-state index >= 15 is 0 Å². The maximum Gasteiger partial charge on any atom is 0.269 e. The summed E-state index contributed by atoms with van der Waals surface area (Å²) in [6.45, 7) is 6.49. The molecule has 1 aliphatic heterocycles. The molecular weight excluding hydrogens is 450 g/mol. The zero-order valence-electron chi connectivity index (χ0n) is 21.4. The summed E-state index contributed by atoms with van der Waals surface area (Å²) in [6.07, 6.45) is 10.3. The number of likely N-dealkylation sites (N-methyl/N-ethyl adjacent to an activating group) is 1. The fourth-order valence-electron chi connectivity index (χ4n) is 5.00. The molecule has 1 atom stereocenters.